The van der Waals surface area contributed by atoms with Crippen molar-refractivity contribution >= 4 is 13.4 Å². The van der Waals surface area contributed by atoms with E-state index in [1.54, 1.807) is 7.05 Å². The monoisotopic (exact) mass is 123 g/mol. The molecule has 0 fully saturated rings. The first kappa shape index (κ1) is 8.20. The highest BCUT2D eigenvalue weighted by Crippen LogP contribution is 1.60. The van der Waals surface area contributed by atoms with Crippen LogP contribution in [0, 0.1) is 0 Å². The Balaban J connectivity index is 0.000000291. The van der Waals surface area contributed by atoms with Gasteiger partial charge in [-0.25, -0.2) is 0 Å². The van der Waals surface area contributed by atoms with Crippen LogP contribution in [0.15, 0.2) is 6.20 Å². The molecular formula is C5H10BN3. The summed E-state index contributed by atoms with van der Waals surface area (Å²) in [5.74, 6) is 0. The zero-order valence-electron chi connectivity index (χ0n) is 6.00. The van der Waals surface area contributed by atoms with E-state index in [1.165, 1.54) is 11.0 Å². The van der Waals surface area contributed by atoms with Crippen molar-refractivity contribution in [3.8, 4) is 0 Å². The van der Waals surface area contributed by atoms with E-state index in [4.69, 9.17) is 7.85 Å². The average molecular weight is 123 g/mol. The summed E-state index contributed by atoms with van der Waals surface area (Å²) in [5, 5.41) is 7.39. The fourth-order valence-electron chi connectivity index (χ4n) is 0.361. The largest absolute Gasteiger partial charge is 0.189 e. The van der Waals surface area contributed by atoms with Crippen LogP contribution in [-0.2, 0) is 7.05 Å². The molecule has 0 saturated heterocycles. The van der Waals surface area contributed by atoms with Crippen LogP contribution in [0.25, 0.3) is 0 Å². The maximum atomic E-state index is 5.18. The normalized spacial score (nSPS) is 7.89. The van der Waals surface area contributed by atoms with Gasteiger partial charge in [-0.3, -0.25) is 0 Å². The van der Waals surface area contributed by atoms with Gasteiger partial charge in [-0.05, 0) is 0 Å². The molecule has 0 unspecified atom stereocenters. The Morgan fingerprint density at radius 3 is 2.22 bits per heavy atom. The highest BCUT2D eigenvalue weighted by atomic mass is 15.4. The van der Waals surface area contributed by atoms with E-state index in [0.29, 0.717) is 5.59 Å². The van der Waals surface area contributed by atoms with Crippen LogP contribution in [0.1, 0.15) is 13.8 Å². The lowest BCUT2D eigenvalue weighted by Gasteiger charge is -1.77. The van der Waals surface area contributed by atoms with Crippen LogP contribution in [0.3, 0.4) is 0 Å². The molecule has 0 amide bonds. The highest BCUT2D eigenvalue weighted by Gasteiger charge is 1.83. The zero-order valence-corrected chi connectivity index (χ0v) is 6.00. The Morgan fingerprint density at radius 2 is 2.11 bits per heavy atom. The Hall–Kier alpha value is -0.795. The summed E-state index contributed by atoms with van der Waals surface area (Å²) < 4.78 is 0. The van der Waals surface area contributed by atoms with Gasteiger partial charge in [0.1, 0.15) is 7.85 Å². The van der Waals surface area contributed by atoms with Crippen LogP contribution in [0.2, 0.25) is 0 Å². The minimum absolute atomic E-state index is 0.461. The van der Waals surface area contributed by atoms with Gasteiger partial charge in [0, 0.05) is 12.6 Å². The Morgan fingerprint density at radius 1 is 1.56 bits per heavy atom. The number of nitrogens with zero attached hydrogens (tertiary/aromatic N) is 3. The van der Waals surface area contributed by atoms with Crippen molar-refractivity contribution in [3.05, 3.63) is 6.20 Å². The average Bonchev–Trinajstić information content (AvgIpc) is 2.20. The van der Waals surface area contributed by atoms with Crippen molar-refractivity contribution in [1.29, 1.82) is 0 Å². The molecule has 0 saturated carbocycles. The Labute approximate surface area is 56.5 Å². The molecule has 1 rings (SSSR count). The summed E-state index contributed by atoms with van der Waals surface area (Å²) >= 11 is 0. The van der Waals surface area contributed by atoms with Crippen LogP contribution >= 0.6 is 0 Å². The van der Waals surface area contributed by atoms with Crippen molar-refractivity contribution in [2.45, 2.75) is 13.8 Å². The summed E-state index contributed by atoms with van der Waals surface area (Å²) in [6.45, 7) is 4.00. The molecule has 3 nitrogen and oxygen atoms in total. The predicted molar refractivity (Wildman–Crippen MR) is 37.7 cm³/mol. The third-order valence-electron chi connectivity index (χ3n) is 0.617. The number of hydrogen-bond donors (Lipinski definition) is 0. The summed E-state index contributed by atoms with van der Waals surface area (Å²) in [6, 6.07) is 0. The summed E-state index contributed by atoms with van der Waals surface area (Å²) in [7, 11) is 6.90. The maximum absolute atomic E-state index is 5.18. The summed E-state index contributed by atoms with van der Waals surface area (Å²) in [5.41, 5.74) is 0.461. The van der Waals surface area contributed by atoms with Gasteiger partial charge in [0.25, 0.3) is 0 Å². The fraction of sp³-hybridized carbons (Fsp3) is 0.600. The van der Waals surface area contributed by atoms with E-state index in [2.05, 4.69) is 10.2 Å². The number of hydrogen-bond acceptors (Lipinski definition) is 2. The first-order valence-corrected chi connectivity index (χ1v) is 2.91. The van der Waals surface area contributed by atoms with Crippen LogP contribution < -0.4 is 5.59 Å². The molecule has 1 heterocycles. The molecule has 1 aromatic heterocycles. The van der Waals surface area contributed by atoms with Crippen molar-refractivity contribution in [1.82, 2.24) is 15.0 Å². The summed E-state index contributed by atoms with van der Waals surface area (Å²) in [4.78, 5) is 1.41. The third-order valence-corrected chi connectivity index (χ3v) is 0.617. The van der Waals surface area contributed by atoms with Gasteiger partial charge < -0.3 is 0 Å². The standard InChI is InChI=1S/C3H4BN3.C2H6/c1-7-5-2-3(4)6-7;1-2/h2H,1H3;1-2H3. The van der Waals surface area contributed by atoms with E-state index in [9.17, 15) is 0 Å². The van der Waals surface area contributed by atoms with Crippen molar-refractivity contribution < 1.29 is 0 Å². The van der Waals surface area contributed by atoms with E-state index in [0.717, 1.165) is 0 Å². The van der Waals surface area contributed by atoms with E-state index in [-0.39, 0.29) is 0 Å². The van der Waals surface area contributed by atoms with Crippen molar-refractivity contribution in [2.24, 2.45) is 7.05 Å². The molecule has 0 bridgehead atoms. The minimum Gasteiger partial charge on any atom is -0.189 e. The second-order valence-electron chi connectivity index (χ2n) is 1.26. The summed E-state index contributed by atoms with van der Waals surface area (Å²) in [6.07, 6.45) is 1.50. The molecule has 0 aromatic carbocycles. The van der Waals surface area contributed by atoms with Crippen LogP contribution in [0.4, 0.5) is 0 Å². The number of aryl methyl sites for hydroxylation is 1. The quantitative estimate of drug-likeness (QED) is 0.441. The smallest absolute Gasteiger partial charge is 0.146 e. The molecule has 0 aliphatic carbocycles. The predicted octanol–water partition coefficient (Wildman–Crippen LogP) is -0.365. The number of aromatic nitrogens is 3. The van der Waals surface area contributed by atoms with Gasteiger partial charge >= 0.3 is 0 Å². The van der Waals surface area contributed by atoms with Crippen molar-refractivity contribution in [2.75, 3.05) is 0 Å². The molecule has 0 aliphatic rings. The van der Waals surface area contributed by atoms with Gasteiger partial charge in [0.05, 0.1) is 6.20 Å². The highest BCUT2D eigenvalue weighted by molar-refractivity contribution is 6.30. The molecule has 48 valence electrons. The lowest BCUT2D eigenvalue weighted by Crippen LogP contribution is -2.04. The SMILES string of the molecule is CC.[B]c1cnn(C)n1. The van der Waals surface area contributed by atoms with Gasteiger partial charge in [-0.1, -0.05) is 13.8 Å². The first-order valence-electron chi connectivity index (χ1n) is 2.91. The molecule has 9 heavy (non-hydrogen) atoms. The fourth-order valence-corrected chi connectivity index (χ4v) is 0.361. The number of rotatable bonds is 0. The maximum Gasteiger partial charge on any atom is 0.146 e. The van der Waals surface area contributed by atoms with Crippen LogP contribution in [0.5, 0.6) is 0 Å². The molecule has 4 heteroatoms. The van der Waals surface area contributed by atoms with Gasteiger partial charge in [0.15, 0.2) is 0 Å². The topological polar surface area (TPSA) is 30.7 Å². The Kier molecular flexibility index (Phi) is 3.76. The zero-order chi connectivity index (χ0) is 7.28. The third kappa shape index (κ3) is 2.90. The molecule has 0 atom stereocenters. The van der Waals surface area contributed by atoms with Crippen molar-refractivity contribution in [3.63, 3.8) is 0 Å². The second kappa shape index (κ2) is 4.12. The van der Waals surface area contributed by atoms with E-state index >= 15 is 0 Å². The lowest BCUT2D eigenvalue weighted by molar-refractivity contribution is 0.657. The van der Waals surface area contributed by atoms with Gasteiger partial charge in [-0.15, -0.1) is 0 Å². The first-order chi connectivity index (χ1) is 4.29. The van der Waals surface area contributed by atoms with E-state index < -0.39 is 0 Å². The minimum atomic E-state index is 0.461. The molecule has 0 spiro atoms. The second-order valence-corrected chi connectivity index (χ2v) is 1.26. The molecule has 1 aromatic rings. The molecule has 0 N–H and O–H groups in total. The lowest BCUT2D eigenvalue weighted by atomic mass is 10.1. The Bertz CT molecular complexity index is 144. The molecule has 2 radical (unpaired) electrons. The van der Waals surface area contributed by atoms with Gasteiger partial charge in [-0.2, -0.15) is 15.0 Å². The van der Waals surface area contributed by atoms with E-state index in [1.807, 2.05) is 13.8 Å². The molecular weight excluding hydrogens is 113 g/mol. The van der Waals surface area contributed by atoms with Crippen LogP contribution in [-0.4, -0.2) is 22.8 Å². The molecule has 0 aliphatic heterocycles. The van der Waals surface area contributed by atoms with Gasteiger partial charge in [0.2, 0.25) is 0 Å².